The van der Waals surface area contributed by atoms with Gasteiger partial charge in [0.15, 0.2) is 25.2 Å². The lowest BCUT2D eigenvalue weighted by atomic mass is 9.77. The molecule has 0 spiro atoms. The highest BCUT2D eigenvalue weighted by Gasteiger charge is 2.57. The van der Waals surface area contributed by atoms with Crippen LogP contribution in [0.3, 0.4) is 0 Å². The Balaban J connectivity index is 0.000000309. The zero-order chi connectivity index (χ0) is 107. The van der Waals surface area contributed by atoms with E-state index in [1.165, 1.54) is 28.1 Å². The quantitative estimate of drug-likeness (QED) is 0.0178. The number of halogens is 2. The number of carboxylic acids is 1. The molecular weight excluding hydrogens is 1890 g/mol. The number of hydrogen-bond donors (Lipinski definition) is 13. The lowest BCUT2D eigenvalue weighted by molar-refractivity contribution is -0.321. The van der Waals surface area contributed by atoms with Crippen LogP contribution in [0.15, 0.2) is 60.9 Å². The van der Waals surface area contributed by atoms with Crippen LogP contribution in [0.2, 0.25) is 10.0 Å². The van der Waals surface area contributed by atoms with Crippen molar-refractivity contribution in [2.24, 2.45) is 41.2 Å². The van der Waals surface area contributed by atoms with Crippen LogP contribution < -0.4 is 21.7 Å². The Morgan fingerprint density at radius 2 is 0.902 bits per heavy atom. The molecule has 6 saturated heterocycles. The summed E-state index contributed by atoms with van der Waals surface area (Å²) in [5, 5.41) is 117. The number of fused-ring (bicyclic) bond motifs is 2. The summed E-state index contributed by atoms with van der Waals surface area (Å²) in [6, 6.07) is 13.4. The monoisotopic (exact) mass is 2070 g/mol. The summed E-state index contributed by atoms with van der Waals surface area (Å²) in [6.07, 6.45) is -13.1. The zero-order valence-electron chi connectivity index (χ0n) is 89.7. The molecule has 0 bridgehead atoms. The second-order valence-electron chi connectivity index (χ2n) is 42.9. The number of carbonyl (C=O) groups is 4. The number of aliphatic hydroxyl groups excluding tert-OH is 4. The normalized spacial score (nSPS) is 39.1. The van der Waals surface area contributed by atoms with Gasteiger partial charge in [-0.3, -0.25) is 29.1 Å². The summed E-state index contributed by atoms with van der Waals surface area (Å²) in [5.74, 6) is -6.69. The molecule has 6 aliphatic rings. The van der Waals surface area contributed by atoms with Crippen molar-refractivity contribution in [1.29, 1.82) is 0 Å². The van der Waals surface area contributed by atoms with Crippen molar-refractivity contribution in [3.8, 4) is 0 Å². The molecule has 6 aliphatic heterocycles. The molecule has 8 heterocycles. The Labute approximate surface area is 857 Å². The van der Waals surface area contributed by atoms with E-state index in [2.05, 4.69) is 25.9 Å². The molecule has 143 heavy (non-hydrogen) atoms. The van der Waals surface area contributed by atoms with E-state index in [0.717, 1.165) is 39.7 Å². The molecule has 36 atom stereocenters. The number of aromatic nitrogens is 2. The zero-order valence-corrected chi connectivity index (χ0v) is 91.2. The van der Waals surface area contributed by atoms with E-state index in [1.54, 1.807) is 102 Å². The molecule has 1 amide bonds. The van der Waals surface area contributed by atoms with Gasteiger partial charge >= 0.3 is 17.9 Å². The van der Waals surface area contributed by atoms with Crippen LogP contribution in [0.4, 0.5) is 11.4 Å². The fourth-order valence-electron chi connectivity index (χ4n) is 21.6. The molecule has 0 aliphatic carbocycles. The molecule has 39 heteroatoms. The first-order chi connectivity index (χ1) is 66.8. The summed E-state index contributed by atoms with van der Waals surface area (Å²) in [6.45, 7) is 38.2. The third kappa shape index (κ3) is 32.0. The first-order valence-corrected chi connectivity index (χ1v) is 51.7. The highest BCUT2D eigenvalue weighted by molar-refractivity contribution is 6.31. The van der Waals surface area contributed by atoms with Crippen LogP contribution in [-0.2, 0) is 85.5 Å². The van der Waals surface area contributed by atoms with E-state index in [4.69, 9.17) is 95.3 Å². The number of benzene rings is 2. The van der Waals surface area contributed by atoms with Crippen molar-refractivity contribution < 1.29 is 131 Å². The van der Waals surface area contributed by atoms with Crippen LogP contribution in [0.1, 0.15) is 203 Å². The number of cyclic esters (lactones) is 2. The third-order valence-electron chi connectivity index (χ3n) is 30.3. The Bertz CT molecular complexity index is 4620. The van der Waals surface area contributed by atoms with Gasteiger partial charge in [0.05, 0.1) is 114 Å². The van der Waals surface area contributed by atoms with Gasteiger partial charge in [0, 0.05) is 153 Å². The van der Waals surface area contributed by atoms with Gasteiger partial charge in [-0.25, -0.2) is 0 Å². The van der Waals surface area contributed by atoms with Gasteiger partial charge in [-0.1, -0.05) is 64.7 Å². The summed E-state index contributed by atoms with van der Waals surface area (Å²) in [5.41, 5.74) is 0.0231. The van der Waals surface area contributed by atoms with E-state index in [0.29, 0.717) is 55.6 Å². The van der Waals surface area contributed by atoms with Crippen LogP contribution in [0.5, 0.6) is 0 Å². The molecule has 14 N–H and O–H groups in total. The molecule has 4 aromatic rings. The predicted octanol–water partition coefficient (Wildman–Crippen LogP) is 9.40. The maximum absolute atomic E-state index is 14.6. The molecule has 0 radical (unpaired) electrons. The number of amides is 1. The van der Waals surface area contributed by atoms with Crippen molar-refractivity contribution in [2.75, 3.05) is 120 Å². The second kappa shape index (κ2) is 53.8. The summed E-state index contributed by atoms with van der Waals surface area (Å²) in [4.78, 5) is 70.2. The number of hydrogen-bond acceptors (Lipinski definition) is 35. The molecule has 10 rings (SSSR count). The number of carbonyl (C=O) groups excluding carboxylic acids is 3. The number of nitrogens with zero attached hydrogens (tertiary/aromatic N) is 6. The SMILES string of the molecule is CC[C@H]1OC(=O)[C@H](C)[C@@H](O[C@H]2C[C@@](C)(OC)[C@@H](O)[C@H](C)O2)[C@H](C)[C@@H](O[C@@H]2O[C@H](C)C[C@H](N(C)C)[C@H]2OCCC(=O)NCCNc2ccnc3cc(Cl)ccc23)[C@](C)(O)C[C@@H](C)CN(C)[C@H](C)[C@@H](O)[C@]1(C)O.CC[C@H]1OC(=O)[C@H](C)[C@@H](O[C@H]2C[C@@](C)(OC)[C@@H](O)[C@H](C)O2)[C@H](C)[C@@H](O[C@@H]2O[C@H](C)C[C@H](N(C)C)[C@H]2OCCC(=O)O)[C@](C)(O)C[C@@H](C)CN(C)[C@H](C)[C@@H](O)[C@]1(C)O.NCCNc1ccnc2cc(Cl)ccc12. The van der Waals surface area contributed by atoms with Crippen LogP contribution in [0, 0.1) is 35.5 Å². The van der Waals surface area contributed by atoms with Crippen molar-refractivity contribution >= 4 is 80.2 Å². The van der Waals surface area contributed by atoms with E-state index >= 15 is 0 Å². The Kier molecular flexibility index (Phi) is 46.1. The number of nitrogens with one attached hydrogen (secondary N) is 3. The van der Waals surface area contributed by atoms with Crippen molar-refractivity contribution in [1.82, 2.24) is 34.9 Å². The minimum atomic E-state index is -1.84. The lowest BCUT2D eigenvalue weighted by Crippen LogP contribution is -2.61. The average molecular weight is 2070 g/mol. The minimum absolute atomic E-state index is 0.0456. The average Bonchev–Trinajstić information content (AvgIpc) is 1.47. The second-order valence-corrected chi connectivity index (χ2v) is 43.8. The first-order valence-electron chi connectivity index (χ1n) is 50.9. The number of pyridine rings is 2. The highest BCUT2D eigenvalue weighted by atomic mass is 35.5. The highest BCUT2D eigenvalue weighted by Crippen LogP contribution is 2.45. The van der Waals surface area contributed by atoms with Crippen LogP contribution >= 0.6 is 23.2 Å². The van der Waals surface area contributed by atoms with Gasteiger partial charge in [0.25, 0.3) is 0 Å². The number of esters is 2. The summed E-state index contributed by atoms with van der Waals surface area (Å²) >= 11 is 12.1. The largest absolute Gasteiger partial charge is 0.481 e. The summed E-state index contributed by atoms with van der Waals surface area (Å²) in [7, 11) is 14.4. The van der Waals surface area contributed by atoms with Gasteiger partial charge < -0.3 is 154 Å². The molecule has 0 saturated carbocycles. The van der Waals surface area contributed by atoms with Gasteiger partial charge in [0.2, 0.25) is 5.91 Å². The lowest BCUT2D eigenvalue weighted by Gasteiger charge is -2.49. The van der Waals surface area contributed by atoms with E-state index in [9.17, 15) is 65.1 Å². The van der Waals surface area contributed by atoms with Gasteiger partial charge in [-0.05, 0) is 238 Å². The molecule has 816 valence electrons. The number of methoxy groups -OCH3 is 2. The molecule has 37 nitrogen and oxygen atoms in total. The Hall–Kier alpha value is -5.68. The number of nitrogens with two attached hydrogens (primary N) is 1. The maximum atomic E-state index is 14.6. The molecule has 2 aromatic carbocycles. The molecule has 0 unspecified atom stereocenters. The first kappa shape index (κ1) is 123. The standard InChI is InChI=1S/C52H86ClN5O13.C41H76N2O14.C11H12ClN3/c1-15-40-52(10,64)45(60)33(6)58(13)28-29(2)26-50(8,63)47(31(4)43(32(5)48(62)69-40)70-42-27-51(9,65-14)46(61)34(7)68-42)71-49-44(39(57(11)12)24-30(3)67-49)66-23-19-41(59)56-22-21-55-37-18-20-54-38-25-35(53)16-17-36(37)38;1-15-29-41(10,50)34(46)26(6)43(13)21-22(2)19-39(8,49)36(57-38-33(52-17-16-30(44)45)28(42(11)12)18-23(3)53-38)24(4)32(25(5)37(48)55-29)56-31-20-40(9,51-14)35(47)27(7)54-31;12-8-1-2-9-10(15-6-4-13)3-5-14-11(9)7-8/h16-18,20,25,29-34,39-40,42-47,49,60-61,63-64H,15,19,21-24,26-28H2,1-14H3,(H,54,55)(H,56,59);22-29,31-36,38,46-47,49-50H,15-21H2,1-14H3,(H,44,45);1-3,5,7H,4,6,13H2,(H,14,15)/t29-,30-,31+,32-,33-,34+,39+,40-,42+,43+,44-,45-,46+,47-,49+,50-,51-,52-;22-,23-,24+,25-,26-,27+,28+,29-,31+,32+,33-,34-,35+,36-,38+,39-,40-,41-;/m11./s1. The van der Waals surface area contributed by atoms with Crippen molar-refractivity contribution in [3.05, 3.63) is 71.0 Å². The number of carboxylic acid groups (broad SMARTS) is 1. The molecule has 6 fully saturated rings. The van der Waals surface area contributed by atoms with E-state index in [1.807, 2.05) is 146 Å². The Morgan fingerprint density at radius 1 is 0.524 bits per heavy atom. The van der Waals surface area contributed by atoms with E-state index < -0.39 is 198 Å². The Morgan fingerprint density at radius 3 is 1.26 bits per heavy atom. The maximum Gasteiger partial charge on any atom is 0.311 e. The number of ether oxygens (including phenoxy) is 14. The predicted molar refractivity (Wildman–Crippen MR) is 545 cm³/mol. The number of likely N-dealkylation sites (N-methyl/N-ethyl adjacent to an activating group) is 4. The topological polar surface area (TPSA) is 480 Å². The van der Waals surface area contributed by atoms with Crippen molar-refractivity contribution in [3.63, 3.8) is 0 Å². The van der Waals surface area contributed by atoms with Crippen molar-refractivity contribution in [2.45, 2.75) is 383 Å². The smallest absolute Gasteiger partial charge is 0.311 e. The van der Waals surface area contributed by atoms with Crippen LogP contribution in [0.25, 0.3) is 21.8 Å². The van der Waals surface area contributed by atoms with Gasteiger partial charge in [-0.15, -0.1) is 0 Å². The van der Waals surface area contributed by atoms with Gasteiger partial charge in [0.1, 0.15) is 60.0 Å². The number of aliphatic hydroxyl groups is 8. The minimum Gasteiger partial charge on any atom is -0.481 e. The third-order valence-corrected chi connectivity index (χ3v) is 30.7. The van der Waals surface area contributed by atoms with Crippen LogP contribution in [-0.4, -0.2) is 389 Å². The van der Waals surface area contributed by atoms with E-state index in [-0.39, 0.29) is 107 Å². The molecular formula is C104H174Cl2N10O27. The summed E-state index contributed by atoms with van der Waals surface area (Å²) < 4.78 is 89.8. The number of anilines is 2. The molecule has 2 aromatic heterocycles. The fourth-order valence-corrected chi connectivity index (χ4v) is 22.0. The number of aliphatic carboxylic acids is 1. The number of rotatable bonds is 29. The fraction of sp³-hybridized carbons (Fsp3) is 0.788. The van der Waals surface area contributed by atoms with Gasteiger partial charge in [-0.2, -0.15) is 0 Å².